The van der Waals surface area contributed by atoms with Crippen molar-refractivity contribution < 1.29 is 42.1 Å². The Balaban J connectivity index is 4.16. The maximum absolute atomic E-state index is 12.7. The first kappa shape index (κ1) is 60.0. The molecular weight excluding hydrogens is 786 g/mol. The first-order valence-electron chi connectivity index (χ1n) is 26.3. The van der Waals surface area contributed by atoms with Gasteiger partial charge in [-0.25, -0.2) is 4.57 Å². The third kappa shape index (κ3) is 48.3. The Bertz CT molecular complexity index is 1010. The molecule has 2 unspecified atom stereocenters. The van der Waals surface area contributed by atoms with E-state index >= 15 is 0 Å². The van der Waals surface area contributed by atoms with Gasteiger partial charge in [0, 0.05) is 12.8 Å². The van der Waals surface area contributed by atoms with Crippen LogP contribution in [0.3, 0.4) is 0 Å². The van der Waals surface area contributed by atoms with E-state index in [9.17, 15) is 19.0 Å². The molecule has 1 N–H and O–H groups in total. The number of esters is 2. The fourth-order valence-corrected chi connectivity index (χ4v) is 8.52. The summed E-state index contributed by atoms with van der Waals surface area (Å²) in [4.78, 5) is 35.5. The minimum atomic E-state index is -4.37. The second-order valence-corrected chi connectivity index (χ2v) is 20.7. The van der Waals surface area contributed by atoms with Gasteiger partial charge in [0.25, 0.3) is 0 Å². The van der Waals surface area contributed by atoms with Gasteiger partial charge >= 0.3 is 19.8 Å². The zero-order valence-electron chi connectivity index (χ0n) is 41.2. The highest BCUT2D eigenvalue weighted by molar-refractivity contribution is 7.47. The van der Waals surface area contributed by atoms with Crippen molar-refractivity contribution in [3.05, 3.63) is 0 Å². The molecule has 0 fully saturated rings. The summed E-state index contributed by atoms with van der Waals surface area (Å²) in [7, 11) is 1.50. The van der Waals surface area contributed by atoms with Crippen molar-refractivity contribution in [1.82, 2.24) is 0 Å². The molecule has 0 aromatic carbocycles. The summed E-state index contributed by atoms with van der Waals surface area (Å²) >= 11 is 0. The second-order valence-electron chi connectivity index (χ2n) is 19.3. The number of nitrogens with zero attached hydrogens (tertiary/aromatic N) is 1. The number of phosphoric ester groups is 1. The zero-order chi connectivity index (χ0) is 45.0. The highest BCUT2D eigenvalue weighted by Crippen LogP contribution is 2.43. The number of rotatable bonds is 49. The van der Waals surface area contributed by atoms with Gasteiger partial charge in [-0.3, -0.25) is 18.6 Å². The number of ether oxygens (including phenoxy) is 2. The van der Waals surface area contributed by atoms with E-state index in [2.05, 4.69) is 13.8 Å². The minimum Gasteiger partial charge on any atom is -0.462 e. The number of unbranched alkanes of at least 4 members (excludes halogenated alkanes) is 35. The fraction of sp³-hybridized carbons (Fsp3) is 0.961. The zero-order valence-corrected chi connectivity index (χ0v) is 42.1. The predicted molar refractivity (Wildman–Crippen MR) is 257 cm³/mol. The first-order chi connectivity index (χ1) is 29.5. The average molecular weight is 889 g/mol. The first-order valence-corrected chi connectivity index (χ1v) is 27.8. The Morgan fingerprint density at radius 1 is 0.443 bits per heavy atom. The summed E-state index contributed by atoms with van der Waals surface area (Å²) < 4.78 is 34.5. The quantitative estimate of drug-likeness (QED) is 0.0278. The topological polar surface area (TPSA) is 108 Å². The molecule has 0 aliphatic heterocycles. The van der Waals surface area contributed by atoms with Gasteiger partial charge < -0.3 is 18.9 Å². The third-order valence-corrected chi connectivity index (χ3v) is 12.9. The summed E-state index contributed by atoms with van der Waals surface area (Å²) in [5.41, 5.74) is 0. The summed E-state index contributed by atoms with van der Waals surface area (Å²) in [6.45, 7) is 4.49. The Morgan fingerprint density at radius 2 is 0.738 bits per heavy atom. The van der Waals surface area contributed by atoms with Crippen LogP contribution in [0.25, 0.3) is 0 Å². The van der Waals surface area contributed by atoms with Gasteiger partial charge in [0.2, 0.25) is 0 Å². The van der Waals surface area contributed by atoms with Crippen molar-refractivity contribution in [3.63, 3.8) is 0 Å². The molecular formula is C51H103NO8P+. The predicted octanol–water partition coefficient (Wildman–Crippen LogP) is 15.5. The molecule has 0 aliphatic rings. The number of phosphoric acid groups is 1. The van der Waals surface area contributed by atoms with Crippen LogP contribution in [-0.2, 0) is 32.7 Å². The molecule has 364 valence electrons. The molecule has 0 aromatic rings. The molecule has 0 saturated heterocycles. The van der Waals surface area contributed by atoms with Gasteiger partial charge in [-0.2, -0.15) is 0 Å². The van der Waals surface area contributed by atoms with Gasteiger partial charge in [0.05, 0.1) is 27.7 Å². The van der Waals surface area contributed by atoms with Gasteiger partial charge in [0.15, 0.2) is 6.10 Å². The molecule has 0 bridgehead atoms. The van der Waals surface area contributed by atoms with Gasteiger partial charge in [-0.05, 0) is 12.8 Å². The molecule has 9 nitrogen and oxygen atoms in total. The lowest BCUT2D eigenvalue weighted by molar-refractivity contribution is -0.870. The lowest BCUT2D eigenvalue weighted by Gasteiger charge is -2.24. The van der Waals surface area contributed by atoms with E-state index in [1.54, 1.807) is 0 Å². The number of likely N-dealkylation sites (N-methyl/N-ethyl adjacent to an activating group) is 1. The van der Waals surface area contributed by atoms with Crippen molar-refractivity contribution in [2.45, 2.75) is 270 Å². The maximum Gasteiger partial charge on any atom is 0.472 e. The molecule has 10 heteroatoms. The Morgan fingerprint density at radius 3 is 1.05 bits per heavy atom. The van der Waals surface area contributed by atoms with Gasteiger partial charge in [-0.1, -0.05) is 239 Å². The van der Waals surface area contributed by atoms with Crippen LogP contribution < -0.4 is 0 Å². The van der Waals surface area contributed by atoms with E-state index < -0.39 is 26.5 Å². The molecule has 0 amide bonds. The minimum absolute atomic E-state index is 0.0372. The number of quaternary nitrogens is 1. The molecule has 0 saturated carbocycles. The third-order valence-electron chi connectivity index (χ3n) is 11.9. The number of hydrogen-bond acceptors (Lipinski definition) is 7. The maximum atomic E-state index is 12.7. The lowest BCUT2D eigenvalue weighted by atomic mass is 10.0. The van der Waals surface area contributed by atoms with Crippen LogP contribution in [0.5, 0.6) is 0 Å². The van der Waals surface area contributed by atoms with E-state index in [1.807, 2.05) is 21.1 Å². The number of carbonyl (C=O) groups excluding carboxylic acids is 2. The van der Waals surface area contributed by atoms with Crippen LogP contribution in [-0.4, -0.2) is 74.9 Å². The average Bonchev–Trinajstić information content (AvgIpc) is 3.21. The fourth-order valence-electron chi connectivity index (χ4n) is 7.78. The van der Waals surface area contributed by atoms with Crippen LogP contribution in [0.15, 0.2) is 0 Å². The lowest BCUT2D eigenvalue weighted by Crippen LogP contribution is -2.37. The van der Waals surface area contributed by atoms with Crippen LogP contribution in [0.1, 0.15) is 264 Å². The number of carbonyl (C=O) groups is 2. The normalized spacial score (nSPS) is 13.3. The molecule has 0 aliphatic carbocycles. The molecule has 61 heavy (non-hydrogen) atoms. The molecule has 0 heterocycles. The Hall–Kier alpha value is -0.990. The Labute approximate surface area is 378 Å². The summed E-state index contributed by atoms with van der Waals surface area (Å²) in [5.74, 6) is -0.777. The van der Waals surface area contributed by atoms with Crippen molar-refractivity contribution in [1.29, 1.82) is 0 Å². The molecule has 0 aromatic heterocycles. The van der Waals surface area contributed by atoms with E-state index in [-0.39, 0.29) is 25.6 Å². The Kier molecular flexibility index (Phi) is 43.5. The molecule has 0 rings (SSSR count). The summed E-state index contributed by atoms with van der Waals surface area (Å²) in [6, 6.07) is 0. The molecule has 0 spiro atoms. The molecule has 0 radical (unpaired) electrons. The SMILES string of the molecule is CCCCCCCCCCCCCCCCCCCCCCCC(=O)OCC(COP(=O)(O)OCC[N+](C)(C)C)OC(=O)CCCCCCCCCCCCCCCCCC. The van der Waals surface area contributed by atoms with Crippen molar-refractivity contribution in [3.8, 4) is 0 Å². The number of hydrogen-bond donors (Lipinski definition) is 1. The standard InChI is InChI=1S/C51H102NO8P/c1-6-8-10-12-14-16-18-20-22-24-25-26-27-28-30-31-33-35-37-39-41-43-50(53)57-47-49(48-59-61(55,56)58-46-45-52(3,4)5)60-51(54)44-42-40-38-36-34-32-29-23-21-19-17-15-13-11-9-7-2/h49H,6-48H2,1-5H3/p+1. The monoisotopic (exact) mass is 889 g/mol. The van der Waals surface area contributed by atoms with E-state index in [0.29, 0.717) is 17.4 Å². The van der Waals surface area contributed by atoms with Gasteiger partial charge in [0.1, 0.15) is 19.8 Å². The second kappa shape index (κ2) is 44.2. The van der Waals surface area contributed by atoms with Crippen LogP contribution in [0.4, 0.5) is 0 Å². The highest BCUT2D eigenvalue weighted by Gasteiger charge is 2.27. The van der Waals surface area contributed by atoms with E-state index in [4.69, 9.17) is 18.5 Å². The summed E-state index contributed by atoms with van der Waals surface area (Å²) in [6.07, 6.45) is 47.2. The molecule has 2 atom stereocenters. The van der Waals surface area contributed by atoms with E-state index in [0.717, 1.165) is 38.5 Å². The summed E-state index contributed by atoms with van der Waals surface area (Å²) in [5, 5.41) is 0. The largest absolute Gasteiger partial charge is 0.472 e. The highest BCUT2D eigenvalue weighted by atomic mass is 31.2. The smallest absolute Gasteiger partial charge is 0.462 e. The van der Waals surface area contributed by atoms with Crippen LogP contribution in [0, 0.1) is 0 Å². The van der Waals surface area contributed by atoms with Crippen molar-refractivity contribution in [2.75, 3.05) is 47.5 Å². The van der Waals surface area contributed by atoms with Crippen molar-refractivity contribution >= 4 is 19.8 Å². The van der Waals surface area contributed by atoms with Crippen LogP contribution in [0.2, 0.25) is 0 Å². The van der Waals surface area contributed by atoms with E-state index in [1.165, 1.54) is 199 Å². The van der Waals surface area contributed by atoms with Crippen LogP contribution >= 0.6 is 7.82 Å². The van der Waals surface area contributed by atoms with Crippen molar-refractivity contribution in [2.24, 2.45) is 0 Å². The van der Waals surface area contributed by atoms with Gasteiger partial charge in [-0.15, -0.1) is 0 Å².